The maximum Gasteiger partial charge on any atom is 0.202 e. The fraction of sp³-hybridized carbons (Fsp3) is 0.727. The van der Waals surface area contributed by atoms with Gasteiger partial charge in [-0.1, -0.05) is 20.3 Å². The van der Waals surface area contributed by atoms with Crippen LogP contribution in [0.4, 0.5) is 5.95 Å². The summed E-state index contributed by atoms with van der Waals surface area (Å²) in [6.07, 6.45) is 5.04. The maximum atomic E-state index is 4.30. The molecule has 1 heterocycles. The molecule has 1 aromatic rings. The van der Waals surface area contributed by atoms with Crippen LogP contribution in [0.5, 0.6) is 0 Å². The zero-order valence-corrected chi connectivity index (χ0v) is 9.62. The minimum absolute atomic E-state index is 0.479. The van der Waals surface area contributed by atoms with Crippen molar-refractivity contribution in [3.8, 4) is 0 Å². The van der Waals surface area contributed by atoms with E-state index < -0.39 is 0 Å². The summed E-state index contributed by atoms with van der Waals surface area (Å²) >= 11 is 0. The minimum atomic E-state index is 0.479. The highest BCUT2D eigenvalue weighted by Gasteiger charge is 2.11. The Hall–Kier alpha value is -0.990. The van der Waals surface area contributed by atoms with Gasteiger partial charge in [0, 0.05) is 25.0 Å². The molecule has 0 aliphatic carbocycles. The lowest BCUT2D eigenvalue weighted by Gasteiger charge is -2.20. The second kappa shape index (κ2) is 5.03. The molecular formula is C11H21N3. The van der Waals surface area contributed by atoms with E-state index in [9.17, 15) is 0 Å². The van der Waals surface area contributed by atoms with Crippen molar-refractivity contribution < 1.29 is 0 Å². The van der Waals surface area contributed by atoms with Gasteiger partial charge in [0.15, 0.2) is 0 Å². The molecule has 0 radical (unpaired) electrons. The van der Waals surface area contributed by atoms with Gasteiger partial charge in [0.1, 0.15) is 0 Å². The van der Waals surface area contributed by atoms with Crippen LogP contribution in [0, 0.1) is 5.92 Å². The molecule has 0 bridgehead atoms. The summed E-state index contributed by atoms with van der Waals surface area (Å²) in [6.45, 7) is 9.78. The second-order valence-corrected chi connectivity index (χ2v) is 3.86. The second-order valence-electron chi connectivity index (χ2n) is 3.86. The standard InChI is InChI=1S/C11H21N3/c1-5-9(3)10(4)13-11-12-7-8-14(11)6-2/h7-10H,5-6H2,1-4H3,(H,12,13). The molecule has 0 aromatic carbocycles. The van der Waals surface area contributed by atoms with Crippen LogP contribution in [-0.2, 0) is 6.54 Å². The SMILES string of the molecule is CCC(C)C(C)Nc1nccn1CC. The molecule has 14 heavy (non-hydrogen) atoms. The van der Waals surface area contributed by atoms with Gasteiger partial charge in [-0.2, -0.15) is 0 Å². The zero-order valence-electron chi connectivity index (χ0n) is 9.62. The van der Waals surface area contributed by atoms with Crippen LogP contribution in [0.2, 0.25) is 0 Å². The molecule has 3 heteroatoms. The summed E-state index contributed by atoms with van der Waals surface area (Å²) in [5.74, 6) is 1.66. The highest BCUT2D eigenvalue weighted by atomic mass is 15.2. The summed E-state index contributed by atoms with van der Waals surface area (Å²) in [7, 11) is 0. The van der Waals surface area contributed by atoms with E-state index in [0.29, 0.717) is 12.0 Å². The highest BCUT2D eigenvalue weighted by molar-refractivity contribution is 5.27. The Kier molecular flexibility index (Phi) is 3.98. The highest BCUT2D eigenvalue weighted by Crippen LogP contribution is 2.13. The first-order valence-corrected chi connectivity index (χ1v) is 5.46. The van der Waals surface area contributed by atoms with Crippen LogP contribution in [0.3, 0.4) is 0 Å². The van der Waals surface area contributed by atoms with E-state index in [-0.39, 0.29) is 0 Å². The molecule has 0 fully saturated rings. The largest absolute Gasteiger partial charge is 0.353 e. The van der Waals surface area contributed by atoms with Gasteiger partial charge in [0.2, 0.25) is 5.95 Å². The van der Waals surface area contributed by atoms with Gasteiger partial charge in [-0.15, -0.1) is 0 Å². The van der Waals surface area contributed by atoms with Crippen molar-refractivity contribution in [2.45, 2.75) is 46.7 Å². The Balaban J connectivity index is 2.59. The molecule has 0 amide bonds. The smallest absolute Gasteiger partial charge is 0.202 e. The third kappa shape index (κ3) is 2.50. The summed E-state index contributed by atoms with van der Waals surface area (Å²) in [6, 6.07) is 0.479. The van der Waals surface area contributed by atoms with Gasteiger partial charge in [-0.05, 0) is 19.8 Å². The maximum absolute atomic E-state index is 4.30. The molecule has 3 nitrogen and oxygen atoms in total. The fourth-order valence-corrected chi connectivity index (χ4v) is 1.40. The number of aromatic nitrogens is 2. The Bertz CT molecular complexity index is 267. The van der Waals surface area contributed by atoms with Gasteiger partial charge in [0.05, 0.1) is 0 Å². The third-order valence-electron chi connectivity index (χ3n) is 2.91. The lowest BCUT2D eigenvalue weighted by atomic mass is 10.0. The topological polar surface area (TPSA) is 29.9 Å². The van der Waals surface area contributed by atoms with Crippen molar-refractivity contribution >= 4 is 5.95 Å². The Labute approximate surface area is 86.5 Å². The van der Waals surface area contributed by atoms with Crippen molar-refractivity contribution in [2.75, 3.05) is 5.32 Å². The van der Waals surface area contributed by atoms with E-state index in [1.165, 1.54) is 6.42 Å². The lowest BCUT2D eigenvalue weighted by molar-refractivity contribution is 0.490. The number of anilines is 1. The molecule has 0 aliphatic rings. The van der Waals surface area contributed by atoms with Gasteiger partial charge < -0.3 is 9.88 Å². The van der Waals surface area contributed by atoms with Crippen LogP contribution in [-0.4, -0.2) is 15.6 Å². The van der Waals surface area contributed by atoms with Gasteiger partial charge in [-0.25, -0.2) is 4.98 Å². The van der Waals surface area contributed by atoms with Crippen LogP contribution in [0.15, 0.2) is 12.4 Å². The van der Waals surface area contributed by atoms with Crippen molar-refractivity contribution in [1.82, 2.24) is 9.55 Å². The summed E-state index contributed by atoms with van der Waals surface area (Å²) in [4.78, 5) is 4.30. The minimum Gasteiger partial charge on any atom is -0.353 e. The molecule has 2 unspecified atom stereocenters. The first-order chi connectivity index (χ1) is 6.69. The molecule has 0 saturated heterocycles. The number of imidazole rings is 1. The van der Waals surface area contributed by atoms with E-state index >= 15 is 0 Å². The van der Waals surface area contributed by atoms with Crippen LogP contribution in [0.25, 0.3) is 0 Å². The lowest BCUT2D eigenvalue weighted by Crippen LogP contribution is -2.25. The summed E-state index contributed by atoms with van der Waals surface area (Å²) < 4.78 is 2.12. The van der Waals surface area contributed by atoms with E-state index in [0.717, 1.165) is 12.5 Å². The van der Waals surface area contributed by atoms with Crippen LogP contribution in [0.1, 0.15) is 34.1 Å². The first-order valence-electron chi connectivity index (χ1n) is 5.46. The first kappa shape index (κ1) is 11.1. The molecular weight excluding hydrogens is 174 g/mol. The van der Waals surface area contributed by atoms with E-state index in [2.05, 4.69) is 42.6 Å². The quantitative estimate of drug-likeness (QED) is 0.783. The van der Waals surface area contributed by atoms with Crippen molar-refractivity contribution in [3.05, 3.63) is 12.4 Å². The number of rotatable bonds is 5. The average Bonchev–Trinajstić information content (AvgIpc) is 2.63. The van der Waals surface area contributed by atoms with Crippen LogP contribution < -0.4 is 5.32 Å². The summed E-state index contributed by atoms with van der Waals surface area (Å²) in [5.41, 5.74) is 0. The predicted octanol–water partition coefficient (Wildman–Crippen LogP) is 2.75. The fourth-order valence-electron chi connectivity index (χ4n) is 1.40. The molecule has 80 valence electrons. The summed E-state index contributed by atoms with van der Waals surface area (Å²) in [5, 5.41) is 3.44. The Morgan fingerprint density at radius 3 is 2.71 bits per heavy atom. The number of hydrogen-bond acceptors (Lipinski definition) is 2. The molecule has 0 aliphatic heterocycles. The predicted molar refractivity (Wildman–Crippen MR) is 60.4 cm³/mol. The number of hydrogen-bond donors (Lipinski definition) is 1. The average molecular weight is 195 g/mol. The normalized spacial score (nSPS) is 15.1. The van der Waals surface area contributed by atoms with Crippen LogP contribution >= 0.6 is 0 Å². The van der Waals surface area contributed by atoms with E-state index in [4.69, 9.17) is 0 Å². The molecule has 0 saturated carbocycles. The molecule has 2 atom stereocenters. The molecule has 0 spiro atoms. The Morgan fingerprint density at radius 2 is 2.14 bits per heavy atom. The number of aryl methyl sites for hydroxylation is 1. The monoisotopic (exact) mass is 195 g/mol. The van der Waals surface area contributed by atoms with Gasteiger partial charge in [-0.3, -0.25) is 0 Å². The van der Waals surface area contributed by atoms with E-state index in [1.807, 2.05) is 12.4 Å². The van der Waals surface area contributed by atoms with Crippen molar-refractivity contribution in [1.29, 1.82) is 0 Å². The molecule has 1 aromatic heterocycles. The number of nitrogens with zero attached hydrogens (tertiary/aromatic N) is 2. The number of nitrogens with one attached hydrogen (secondary N) is 1. The molecule has 1 N–H and O–H groups in total. The third-order valence-corrected chi connectivity index (χ3v) is 2.91. The van der Waals surface area contributed by atoms with Crippen molar-refractivity contribution in [3.63, 3.8) is 0 Å². The van der Waals surface area contributed by atoms with Gasteiger partial charge >= 0.3 is 0 Å². The molecule has 1 rings (SSSR count). The van der Waals surface area contributed by atoms with E-state index in [1.54, 1.807) is 0 Å². The van der Waals surface area contributed by atoms with Crippen molar-refractivity contribution in [2.24, 2.45) is 5.92 Å². The Morgan fingerprint density at radius 1 is 1.43 bits per heavy atom. The van der Waals surface area contributed by atoms with Gasteiger partial charge in [0.25, 0.3) is 0 Å². The zero-order chi connectivity index (χ0) is 10.6.